The molecule has 0 radical (unpaired) electrons. The second-order valence-electron chi connectivity index (χ2n) is 4.37. The molecule has 0 aliphatic rings. The molecular formula is C16H17ClO2. The van der Waals surface area contributed by atoms with Crippen LogP contribution in [0.5, 0.6) is 5.75 Å². The number of halogens is 1. The largest absolute Gasteiger partial charge is 0.496 e. The van der Waals surface area contributed by atoms with Crippen LogP contribution < -0.4 is 4.74 Å². The normalized spacial score (nSPS) is 13.8. The van der Waals surface area contributed by atoms with Gasteiger partial charge in [-0.25, -0.2) is 0 Å². The summed E-state index contributed by atoms with van der Waals surface area (Å²) in [5.41, 5.74) is 0.430. The van der Waals surface area contributed by atoms with Gasteiger partial charge in [-0.15, -0.1) is 11.6 Å². The number of hydrogen-bond acceptors (Lipinski definition) is 2. The lowest BCUT2D eigenvalue weighted by Crippen LogP contribution is -2.28. The van der Waals surface area contributed by atoms with Gasteiger partial charge in [0.05, 0.1) is 7.11 Å². The quantitative estimate of drug-likeness (QED) is 0.846. The van der Waals surface area contributed by atoms with Crippen molar-refractivity contribution in [2.45, 2.75) is 12.0 Å². The van der Waals surface area contributed by atoms with Gasteiger partial charge in [0.1, 0.15) is 11.4 Å². The molecule has 1 N–H and O–H groups in total. The number of benzene rings is 2. The van der Waals surface area contributed by atoms with Crippen LogP contribution in [0.4, 0.5) is 0 Å². The van der Waals surface area contributed by atoms with Gasteiger partial charge in [0.25, 0.3) is 0 Å². The number of hydrogen-bond donors (Lipinski definition) is 1. The van der Waals surface area contributed by atoms with Crippen LogP contribution in [0.2, 0.25) is 0 Å². The molecule has 100 valence electrons. The van der Waals surface area contributed by atoms with Gasteiger partial charge >= 0.3 is 0 Å². The maximum Gasteiger partial charge on any atom is 0.125 e. The highest BCUT2D eigenvalue weighted by atomic mass is 35.5. The molecule has 2 aromatic carbocycles. The summed E-state index contributed by atoms with van der Waals surface area (Å²) in [4.78, 5) is 0. The molecule has 0 saturated heterocycles. The standard InChI is InChI=1S/C16H17ClO2/c1-19-15-10-6-5-9-14(15)16(18,11-12-17)13-7-3-2-4-8-13/h2-10,18H,11-12H2,1H3. The van der Waals surface area contributed by atoms with E-state index < -0.39 is 5.60 Å². The molecule has 3 heteroatoms. The molecule has 0 heterocycles. The van der Waals surface area contributed by atoms with E-state index in [0.29, 0.717) is 18.1 Å². The van der Waals surface area contributed by atoms with E-state index in [1.165, 1.54) is 0 Å². The highest BCUT2D eigenvalue weighted by molar-refractivity contribution is 6.17. The average Bonchev–Trinajstić information content (AvgIpc) is 2.48. The van der Waals surface area contributed by atoms with Crippen molar-refractivity contribution >= 4 is 11.6 Å². The van der Waals surface area contributed by atoms with Crippen molar-refractivity contribution in [2.24, 2.45) is 0 Å². The maximum atomic E-state index is 11.1. The highest BCUT2D eigenvalue weighted by Crippen LogP contribution is 2.38. The number of aliphatic hydroxyl groups is 1. The van der Waals surface area contributed by atoms with E-state index in [-0.39, 0.29) is 0 Å². The lowest BCUT2D eigenvalue weighted by atomic mass is 9.83. The lowest BCUT2D eigenvalue weighted by Gasteiger charge is -2.30. The third-order valence-corrected chi connectivity index (χ3v) is 3.45. The van der Waals surface area contributed by atoms with Crippen LogP contribution >= 0.6 is 11.6 Å². The van der Waals surface area contributed by atoms with Crippen LogP contribution in [0.3, 0.4) is 0 Å². The Balaban J connectivity index is 2.56. The summed E-state index contributed by atoms with van der Waals surface area (Å²) in [6.07, 6.45) is 0.430. The van der Waals surface area contributed by atoms with Crippen molar-refractivity contribution in [1.29, 1.82) is 0 Å². The zero-order valence-corrected chi connectivity index (χ0v) is 11.6. The van der Waals surface area contributed by atoms with Crippen LogP contribution in [0.1, 0.15) is 17.5 Å². The highest BCUT2D eigenvalue weighted by Gasteiger charge is 2.33. The van der Waals surface area contributed by atoms with Crippen molar-refractivity contribution in [3.8, 4) is 5.75 Å². The zero-order valence-electron chi connectivity index (χ0n) is 10.8. The van der Waals surface area contributed by atoms with Crippen molar-refractivity contribution in [1.82, 2.24) is 0 Å². The second kappa shape index (κ2) is 6.09. The molecular weight excluding hydrogens is 260 g/mol. The number of ether oxygens (including phenoxy) is 1. The molecule has 1 unspecified atom stereocenters. The molecule has 2 nitrogen and oxygen atoms in total. The summed E-state index contributed by atoms with van der Waals surface area (Å²) in [6.45, 7) is 0. The summed E-state index contributed by atoms with van der Waals surface area (Å²) in [5.74, 6) is 1.03. The minimum Gasteiger partial charge on any atom is -0.496 e. The minimum atomic E-state index is -1.13. The predicted molar refractivity (Wildman–Crippen MR) is 77.8 cm³/mol. The van der Waals surface area contributed by atoms with Crippen molar-refractivity contribution in [2.75, 3.05) is 13.0 Å². The molecule has 2 aromatic rings. The zero-order chi connectivity index (χ0) is 13.7. The first-order valence-electron chi connectivity index (χ1n) is 6.19. The van der Waals surface area contributed by atoms with E-state index >= 15 is 0 Å². The molecule has 0 amide bonds. The fourth-order valence-electron chi connectivity index (χ4n) is 2.27. The molecule has 0 aliphatic heterocycles. The van der Waals surface area contributed by atoms with E-state index in [9.17, 15) is 5.11 Å². The number of alkyl halides is 1. The Kier molecular flexibility index (Phi) is 4.46. The molecule has 0 bridgehead atoms. The van der Waals surface area contributed by atoms with E-state index in [4.69, 9.17) is 16.3 Å². The van der Waals surface area contributed by atoms with Crippen molar-refractivity contribution in [3.63, 3.8) is 0 Å². The Morgan fingerprint density at radius 3 is 2.32 bits per heavy atom. The smallest absolute Gasteiger partial charge is 0.125 e. The Labute approximate surface area is 118 Å². The topological polar surface area (TPSA) is 29.5 Å². The molecule has 2 rings (SSSR count). The minimum absolute atomic E-state index is 0.365. The van der Waals surface area contributed by atoms with E-state index in [1.54, 1.807) is 7.11 Å². The first kappa shape index (κ1) is 13.9. The van der Waals surface area contributed by atoms with Gasteiger partial charge in [-0.1, -0.05) is 48.5 Å². The van der Waals surface area contributed by atoms with Gasteiger partial charge in [-0.2, -0.15) is 0 Å². The monoisotopic (exact) mass is 276 g/mol. The lowest BCUT2D eigenvalue weighted by molar-refractivity contribution is 0.0746. The van der Waals surface area contributed by atoms with E-state index in [2.05, 4.69) is 0 Å². The van der Waals surface area contributed by atoms with Crippen LogP contribution in [0.25, 0.3) is 0 Å². The SMILES string of the molecule is COc1ccccc1C(O)(CCCl)c1ccccc1. The van der Waals surface area contributed by atoms with Gasteiger partial charge < -0.3 is 9.84 Å². The summed E-state index contributed by atoms with van der Waals surface area (Å²) >= 11 is 5.88. The van der Waals surface area contributed by atoms with Gasteiger partial charge in [-0.3, -0.25) is 0 Å². The van der Waals surface area contributed by atoms with Crippen LogP contribution in [0, 0.1) is 0 Å². The third-order valence-electron chi connectivity index (χ3n) is 3.26. The van der Waals surface area contributed by atoms with E-state index in [1.807, 2.05) is 54.6 Å². The van der Waals surface area contributed by atoms with Crippen molar-refractivity contribution < 1.29 is 9.84 Å². The Hall–Kier alpha value is -1.51. The third kappa shape index (κ3) is 2.75. The Morgan fingerprint density at radius 1 is 1.05 bits per heavy atom. The number of methoxy groups -OCH3 is 1. The van der Waals surface area contributed by atoms with Gasteiger partial charge in [0.2, 0.25) is 0 Å². The van der Waals surface area contributed by atoms with Crippen LogP contribution in [-0.4, -0.2) is 18.1 Å². The van der Waals surface area contributed by atoms with Crippen molar-refractivity contribution in [3.05, 3.63) is 65.7 Å². The second-order valence-corrected chi connectivity index (χ2v) is 4.74. The molecule has 0 saturated carbocycles. The summed E-state index contributed by atoms with van der Waals surface area (Å²) < 4.78 is 5.36. The number of rotatable bonds is 5. The maximum absolute atomic E-state index is 11.1. The molecule has 0 fully saturated rings. The van der Waals surface area contributed by atoms with Gasteiger partial charge in [-0.05, 0) is 18.1 Å². The fraction of sp³-hybridized carbons (Fsp3) is 0.250. The molecule has 0 aromatic heterocycles. The summed E-state index contributed by atoms with van der Waals surface area (Å²) in [6, 6.07) is 17.0. The molecule has 19 heavy (non-hydrogen) atoms. The molecule has 0 aliphatic carbocycles. The molecule has 1 atom stereocenters. The summed E-state index contributed by atoms with van der Waals surface area (Å²) in [5, 5.41) is 11.1. The first-order chi connectivity index (χ1) is 9.22. The Bertz CT molecular complexity index is 527. The van der Waals surface area contributed by atoms with E-state index in [0.717, 1.165) is 11.1 Å². The average molecular weight is 277 g/mol. The van der Waals surface area contributed by atoms with Crippen LogP contribution in [0.15, 0.2) is 54.6 Å². The van der Waals surface area contributed by atoms with Gasteiger partial charge in [0, 0.05) is 11.4 Å². The predicted octanol–water partition coefficient (Wildman–Crippen LogP) is 3.56. The van der Waals surface area contributed by atoms with Crippen LogP contribution in [-0.2, 0) is 5.60 Å². The van der Waals surface area contributed by atoms with Gasteiger partial charge in [0.15, 0.2) is 0 Å². The first-order valence-corrected chi connectivity index (χ1v) is 6.73. The summed E-state index contributed by atoms with van der Waals surface area (Å²) in [7, 11) is 1.60. The molecule has 0 spiro atoms. The number of para-hydroxylation sites is 1. The fourth-order valence-corrected chi connectivity index (χ4v) is 2.54. The Morgan fingerprint density at radius 2 is 1.68 bits per heavy atom.